The Labute approximate surface area is 147 Å². The van der Waals surface area contributed by atoms with Crippen LogP contribution in [-0.4, -0.2) is 17.4 Å². The molecule has 24 heavy (non-hydrogen) atoms. The van der Waals surface area contributed by atoms with Crippen LogP contribution in [0.3, 0.4) is 0 Å². The summed E-state index contributed by atoms with van der Waals surface area (Å²) in [5.41, 5.74) is 0.877. The van der Waals surface area contributed by atoms with Gasteiger partial charge in [-0.2, -0.15) is 0 Å². The Morgan fingerprint density at radius 1 is 1.04 bits per heavy atom. The molecule has 0 aromatic heterocycles. The summed E-state index contributed by atoms with van der Waals surface area (Å²) in [6.07, 6.45) is 10.4. The molecule has 2 heteroatoms. The van der Waals surface area contributed by atoms with Crippen LogP contribution in [0.2, 0.25) is 0 Å². The summed E-state index contributed by atoms with van der Waals surface area (Å²) in [7, 11) is 0. The topological polar surface area (TPSA) is 20.2 Å². The zero-order chi connectivity index (χ0) is 17.1. The van der Waals surface area contributed by atoms with Crippen molar-refractivity contribution in [3.05, 3.63) is 12.2 Å². The molecule has 4 aliphatic rings. The largest absolute Gasteiger partial charge is 0.387 e. The molecule has 0 unspecified atom stereocenters. The van der Waals surface area contributed by atoms with E-state index in [0.29, 0.717) is 24.2 Å². The fraction of sp³-hybridized carbons (Fsp3) is 0.909. The minimum atomic E-state index is -1.00. The Morgan fingerprint density at radius 2 is 1.79 bits per heavy atom. The van der Waals surface area contributed by atoms with E-state index in [0.717, 1.165) is 36.0 Å². The maximum absolute atomic E-state index is 13.2. The molecule has 0 aromatic rings. The molecule has 0 aliphatic heterocycles. The lowest BCUT2D eigenvalue weighted by Gasteiger charge is -2.57. The second-order valence-electron chi connectivity index (χ2n) is 10.1. The number of fused-ring (bicyclic) bond motifs is 5. The number of rotatable bonds is 2. The monoisotopic (exact) mass is 334 g/mol. The Kier molecular flexibility index (Phi) is 4.14. The van der Waals surface area contributed by atoms with Gasteiger partial charge in [0, 0.05) is 0 Å². The second kappa shape index (κ2) is 5.83. The van der Waals surface area contributed by atoms with Gasteiger partial charge in [0.2, 0.25) is 0 Å². The van der Waals surface area contributed by atoms with Crippen LogP contribution < -0.4 is 0 Å². The predicted molar refractivity (Wildman–Crippen MR) is 96.3 cm³/mol. The molecule has 4 fully saturated rings. The van der Waals surface area contributed by atoms with Gasteiger partial charge in [-0.15, -0.1) is 0 Å². The summed E-state index contributed by atoms with van der Waals surface area (Å²) < 4.78 is 13.2. The summed E-state index contributed by atoms with van der Waals surface area (Å²) in [6.45, 7) is 8.54. The van der Waals surface area contributed by atoms with Crippen molar-refractivity contribution in [1.82, 2.24) is 0 Å². The van der Waals surface area contributed by atoms with E-state index in [1.165, 1.54) is 44.1 Å². The molecule has 1 N–H and O–H groups in total. The Hall–Kier alpha value is -0.370. The van der Waals surface area contributed by atoms with Crippen LogP contribution in [0, 0.1) is 40.9 Å². The molecule has 0 aromatic carbocycles. The van der Waals surface area contributed by atoms with Crippen LogP contribution in [0.25, 0.3) is 0 Å². The van der Waals surface area contributed by atoms with E-state index in [4.69, 9.17) is 0 Å². The third-order valence-corrected chi connectivity index (χ3v) is 8.95. The molecule has 8 atom stereocenters. The molecular formula is C22H35FO. The summed E-state index contributed by atoms with van der Waals surface area (Å²) in [5, 5.41) is 10.4. The first-order valence-corrected chi connectivity index (χ1v) is 10.3. The molecule has 1 nitrogen and oxygen atoms in total. The molecular weight excluding hydrogens is 299 g/mol. The van der Waals surface area contributed by atoms with E-state index in [2.05, 4.69) is 20.4 Å². The molecule has 0 bridgehead atoms. The third kappa shape index (κ3) is 2.42. The summed E-state index contributed by atoms with van der Waals surface area (Å²) in [6, 6.07) is 0. The highest BCUT2D eigenvalue weighted by Crippen LogP contribution is 2.65. The zero-order valence-electron chi connectivity index (χ0n) is 15.6. The van der Waals surface area contributed by atoms with Crippen molar-refractivity contribution in [2.45, 2.75) is 77.2 Å². The van der Waals surface area contributed by atoms with E-state index in [-0.39, 0.29) is 0 Å². The van der Waals surface area contributed by atoms with Crippen molar-refractivity contribution < 1.29 is 9.50 Å². The first-order valence-electron chi connectivity index (χ1n) is 10.3. The highest BCUT2D eigenvalue weighted by Gasteiger charge is 2.57. The van der Waals surface area contributed by atoms with Gasteiger partial charge < -0.3 is 5.11 Å². The highest BCUT2D eigenvalue weighted by molar-refractivity contribution is 5.14. The van der Waals surface area contributed by atoms with Gasteiger partial charge in [-0.05, 0) is 106 Å². The average molecular weight is 335 g/mol. The van der Waals surface area contributed by atoms with Gasteiger partial charge in [0.1, 0.15) is 6.67 Å². The van der Waals surface area contributed by atoms with Gasteiger partial charge in [-0.25, -0.2) is 4.39 Å². The lowest BCUT2D eigenvalue weighted by molar-refractivity contribution is -0.110. The minimum absolute atomic E-state index is 0.480. The number of aliphatic hydroxyl groups is 1. The molecule has 0 spiro atoms. The van der Waals surface area contributed by atoms with Crippen LogP contribution in [0.1, 0.15) is 71.6 Å². The standard InChI is InChI=1S/C22H35FO/c1-14(2)19-6-7-20-18-5-4-15-12-22(24,13-23)11-9-16(15)17(18)8-10-21(19,20)3/h15-20,24H,1,4-13H2,2-3H3/t15-,16-,17+,18+,19+,20-,21+,22+/m0/s1. The summed E-state index contributed by atoms with van der Waals surface area (Å²) >= 11 is 0. The van der Waals surface area contributed by atoms with Gasteiger partial charge in [-0.3, -0.25) is 0 Å². The minimum Gasteiger partial charge on any atom is -0.387 e. The van der Waals surface area contributed by atoms with Crippen LogP contribution in [-0.2, 0) is 0 Å². The van der Waals surface area contributed by atoms with E-state index in [1.807, 2.05) is 0 Å². The molecule has 0 radical (unpaired) electrons. The van der Waals surface area contributed by atoms with Crippen molar-refractivity contribution in [2.75, 3.05) is 6.67 Å². The van der Waals surface area contributed by atoms with E-state index in [9.17, 15) is 9.50 Å². The van der Waals surface area contributed by atoms with Crippen LogP contribution in [0.15, 0.2) is 12.2 Å². The Balaban J connectivity index is 1.54. The summed E-state index contributed by atoms with van der Waals surface area (Å²) in [4.78, 5) is 0. The zero-order valence-corrected chi connectivity index (χ0v) is 15.6. The lowest BCUT2D eigenvalue weighted by Crippen LogP contribution is -2.51. The molecule has 4 saturated carbocycles. The van der Waals surface area contributed by atoms with Crippen molar-refractivity contribution in [3.8, 4) is 0 Å². The van der Waals surface area contributed by atoms with Gasteiger partial charge in [0.25, 0.3) is 0 Å². The molecule has 0 saturated heterocycles. The van der Waals surface area contributed by atoms with Crippen molar-refractivity contribution in [3.63, 3.8) is 0 Å². The lowest BCUT2D eigenvalue weighted by atomic mass is 9.49. The molecule has 4 rings (SSSR count). The molecule has 136 valence electrons. The van der Waals surface area contributed by atoms with Crippen molar-refractivity contribution in [1.29, 1.82) is 0 Å². The van der Waals surface area contributed by atoms with E-state index in [1.54, 1.807) is 0 Å². The first-order chi connectivity index (χ1) is 11.4. The predicted octanol–water partition coefficient (Wildman–Crippen LogP) is 5.53. The number of hydrogen-bond donors (Lipinski definition) is 1. The van der Waals surface area contributed by atoms with Crippen LogP contribution in [0.4, 0.5) is 4.39 Å². The average Bonchev–Trinajstić information content (AvgIpc) is 2.91. The smallest absolute Gasteiger partial charge is 0.118 e. The Bertz CT molecular complexity index is 516. The van der Waals surface area contributed by atoms with E-state index < -0.39 is 12.3 Å². The summed E-state index contributed by atoms with van der Waals surface area (Å²) in [5.74, 6) is 4.65. The molecule has 4 aliphatic carbocycles. The fourth-order valence-corrected chi connectivity index (χ4v) is 7.89. The molecule has 0 heterocycles. The fourth-order valence-electron chi connectivity index (χ4n) is 7.89. The van der Waals surface area contributed by atoms with Crippen LogP contribution in [0.5, 0.6) is 0 Å². The van der Waals surface area contributed by atoms with Crippen molar-refractivity contribution >= 4 is 0 Å². The molecule has 0 amide bonds. The number of hydrogen-bond acceptors (Lipinski definition) is 1. The maximum atomic E-state index is 13.2. The second-order valence-corrected chi connectivity index (χ2v) is 10.1. The first kappa shape index (κ1) is 17.1. The number of allylic oxidation sites excluding steroid dienone is 1. The highest BCUT2D eigenvalue weighted by atomic mass is 19.1. The number of alkyl halides is 1. The third-order valence-electron chi connectivity index (χ3n) is 8.95. The van der Waals surface area contributed by atoms with Gasteiger partial charge in [-0.1, -0.05) is 19.1 Å². The van der Waals surface area contributed by atoms with Gasteiger partial charge >= 0.3 is 0 Å². The number of halogens is 1. The maximum Gasteiger partial charge on any atom is 0.118 e. The normalized spacial score (nSPS) is 53.8. The van der Waals surface area contributed by atoms with E-state index >= 15 is 0 Å². The quantitative estimate of drug-likeness (QED) is 0.658. The van der Waals surface area contributed by atoms with Crippen molar-refractivity contribution in [2.24, 2.45) is 40.9 Å². The Morgan fingerprint density at radius 3 is 2.50 bits per heavy atom. The van der Waals surface area contributed by atoms with Crippen LogP contribution >= 0.6 is 0 Å². The SMILES string of the molecule is C=C(C)[C@H]1CC[C@H]2[C@@H]3CC[C@H]4C[C@@](O)(CF)CC[C@@H]4[C@H]3CC[C@]12C. The van der Waals surface area contributed by atoms with Gasteiger partial charge in [0.15, 0.2) is 0 Å². The van der Waals surface area contributed by atoms with Gasteiger partial charge in [0.05, 0.1) is 5.60 Å².